The summed E-state index contributed by atoms with van der Waals surface area (Å²) in [4.78, 5) is 23.5. The molecule has 2 aromatic carbocycles. The van der Waals surface area contributed by atoms with Crippen molar-refractivity contribution < 1.29 is 19.1 Å². The van der Waals surface area contributed by atoms with Gasteiger partial charge in [-0.05, 0) is 35.4 Å². The zero-order valence-electron chi connectivity index (χ0n) is 11.0. The lowest BCUT2D eigenvalue weighted by atomic mass is 9.96. The van der Waals surface area contributed by atoms with E-state index in [0.29, 0.717) is 16.5 Å². The van der Waals surface area contributed by atoms with Crippen LogP contribution in [-0.2, 0) is 9.47 Å². The second kappa shape index (κ2) is 5.10. The van der Waals surface area contributed by atoms with Gasteiger partial charge in [0.2, 0.25) is 0 Å². The summed E-state index contributed by atoms with van der Waals surface area (Å²) in [6.45, 7) is 1.88. The van der Waals surface area contributed by atoms with Crippen molar-refractivity contribution in [1.29, 1.82) is 0 Å². The van der Waals surface area contributed by atoms with E-state index in [1.54, 1.807) is 18.2 Å². The van der Waals surface area contributed by atoms with Gasteiger partial charge in [-0.3, -0.25) is 0 Å². The maximum Gasteiger partial charge on any atom is 0.338 e. The van der Waals surface area contributed by atoms with Gasteiger partial charge in [-0.1, -0.05) is 18.2 Å². The standard InChI is InChI=1S/C15H14O4/c1-9-5-4-6-10-11(14(16)18-2)7-8-12(13(9)10)15(17)19-3/h4-8H,1-3H3. The Morgan fingerprint density at radius 1 is 0.895 bits per heavy atom. The molecule has 0 amide bonds. The van der Waals surface area contributed by atoms with Crippen LogP contribution in [0.4, 0.5) is 0 Å². The molecule has 0 radical (unpaired) electrons. The summed E-state index contributed by atoms with van der Waals surface area (Å²) in [5, 5.41) is 1.41. The van der Waals surface area contributed by atoms with E-state index < -0.39 is 11.9 Å². The Kier molecular flexibility index (Phi) is 3.51. The minimum absolute atomic E-state index is 0.421. The highest BCUT2D eigenvalue weighted by molar-refractivity contribution is 6.12. The molecule has 0 saturated carbocycles. The van der Waals surface area contributed by atoms with Gasteiger partial charge in [0.15, 0.2) is 0 Å². The Hall–Kier alpha value is -2.36. The molecular weight excluding hydrogens is 244 g/mol. The molecule has 0 N–H and O–H groups in total. The number of methoxy groups -OCH3 is 2. The van der Waals surface area contributed by atoms with Crippen molar-refractivity contribution in [3.63, 3.8) is 0 Å². The van der Waals surface area contributed by atoms with Crippen LogP contribution in [0.2, 0.25) is 0 Å². The van der Waals surface area contributed by atoms with Crippen LogP contribution in [0.25, 0.3) is 10.8 Å². The Balaban J connectivity index is 2.83. The summed E-state index contributed by atoms with van der Waals surface area (Å²) in [7, 11) is 2.67. The lowest BCUT2D eigenvalue weighted by Crippen LogP contribution is -2.07. The summed E-state index contributed by atoms with van der Waals surface area (Å²) in [5.41, 5.74) is 1.79. The fourth-order valence-electron chi connectivity index (χ4n) is 2.16. The molecule has 0 atom stereocenters. The average Bonchev–Trinajstić information content (AvgIpc) is 2.45. The fourth-order valence-corrected chi connectivity index (χ4v) is 2.16. The van der Waals surface area contributed by atoms with Gasteiger partial charge < -0.3 is 9.47 Å². The number of ether oxygens (including phenoxy) is 2. The zero-order chi connectivity index (χ0) is 14.0. The number of aryl methyl sites for hydroxylation is 1. The number of fused-ring (bicyclic) bond motifs is 1. The van der Waals surface area contributed by atoms with Gasteiger partial charge >= 0.3 is 11.9 Å². The molecule has 0 bridgehead atoms. The van der Waals surface area contributed by atoms with E-state index in [1.807, 2.05) is 19.1 Å². The predicted octanol–water partition coefficient (Wildman–Crippen LogP) is 2.72. The molecule has 0 heterocycles. The number of hydrogen-bond acceptors (Lipinski definition) is 4. The minimum Gasteiger partial charge on any atom is -0.465 e. The molecule has 0 spiro atoms. The van der Waals surface area contributed by atoms with Gasteiger partial charge in [0.05, 0.1) is 25.3 Å². The number of esters is 2. The Morgan fingerprint density at radius 2 is 1.47 bits per heavy atom. The lowest BCUT2D eigenvalue weighted by molar-refractivity contribution is 0.0590. The third-order valence-corrected chi connectivity index (χ3v) is 3.06. The third-order valence-electron chi connectivity index (χ3n) is 3.06. The molecule has 0 aromatic heterocycles. The summed E-state index contributed by atoms with van der Waals surface area (Å²) in [6.07, 6.45) is 0. The summed E-state index contributed by atoms with van der Waals surface area (Å²) >= 11 is 0. The number of benzene rings is 2. The van der Waals surface area contributed by atoms with E-state index >= 15 is 0 Å². The molecule has 2 aromatic rings. The van der Waals surface area contributed by atoms with Crippen molar-refractivity contribution >= 4 is 22.7 Å². The first-order valence-electron chi connectivity index (χ1n) is 5.79. The first-order valence-corrected chi connectivity index (χ1v) is 5.79. The molecule has 0 unspecified atom stereocenters. The molecule has 19 heavy (non-hydrogen) atoms. The summed E-state index contributed by atoms with van der Waals surface area (Å²) < 4.78 is 9.53. The molecule has 0 fully saturated rings. The first kappa shape index (κ1) is 13.1. The Bertz CT molecular complexity index is 658. The van der Waals surface area contributed by atoms with Crippen molar-refractivity contribution in [3.05, 3.63) is 47.0 Å². The van der Waals surface area contributed by atoms with E-state index in [-0.39, 0.29) is 0 Å². The second-order valence-electron chi connectivity index (χ2n) is 4.14. The third kappa shape index (κ3) is 2.17. The Labute approximate surface area is 110 Å². The van der Waals surface area contributed by atoms with Gasteiger partial charge in [0.25, 0.3) is 0 Å². The smallest absolute Gasteiger partial charge is 0.338 e. The lowest BCUT2D eigenvalue weighted by Gasteiger charge is -2.11. The van der Waals surface area contributed by atoms with Gasteiger partial charge in [0.1, 0.15) is 0 Å². The van der Waals surface area contributed by atoms with Gasteiger partial charge in [0, 0.05) is 0 Å². The average molecular weight is 258 g/mol. The molecule has 0 saturated heterocycles. The van der Waals surface area contributed by atoms with Crippen LogP contribution in [0.1, 0.15) is 26.3 Å². The van der Waals surface area contributed by atoms with E-state index in [1.165, 1.54) is 14.2 Å². The largest absolute Gasteiger partial charge is 0.465 e. The van der Waals surface area contributed by atoms with Crippen LogP contribution in [0.5, 0.6) is 0 Å². The highest BCUT2D eigenvalue weighted by atomic mass is 16.5. The fraction of sp³-hybridized carbons (Fsp3) is 0.200. The van der Waals surface area contributed by atoms with Crippen LogP contribution in [-0.4, -0.2) is 26.2 Å². The van der Waals surface area contributed by atoms with Crippen molar-refractivity contribution in [3.8, 4) is 0 Å². The number of rotatable bonds is 2. The van der Waals surface area contributed by atoms with Crippen molar-refractivity contribution in [2.75, 3.05) is 14.2 Å². The summed E-state index contributed by atoms with van der Waals surface area (Å²) in [5.74, 6) is -0.845. The highest BCUT2D eigenvalue weighted by Gasteiger charge is 2.17. The molecular formula is C15H14O4. The van der Waals surface area contributed by atoms with Crippen molar-refractivity contribution in [2.45, 2.75) is 6.92 Å². The molecule has 4 heteroatoms. The van der Waals surface area contributed by atoms with Crippen LogP contribution < -0.4 is 0 Å². The molecule has 2 rings (SSSR count). The van der Waals surface area contributed by atoms with E-state index in [4.69, 9.17) is 9.47 Å². The second-order valence-corrected chi connectivity index (χ2v) is 4.14. The van der Waals surface area contributed by atoms with Crippen molar-refractivity contribution in [1.82, 2.24) is 0 Å². The van der Waals surface area contributed by atoms with Crippen LogP contribution >= 0.6 is 0 Å². The van der Waals surface area contributed by atoms with Crippen molar-refractivity contribution in [2.24, 2.45) is 0 Å². The topological polar surface area (TPSA) is 52.6 Å². The monoisotopic (exact) mass is 258 g/mol. The molecule has 0 aliphatic heterocycles. The normalized spacial score (nSPS) is 10.3. The molecule has 0 aliphatic rings. The van der Waals surface area contributed by atoms with E-state index in [9.17, 15) is 9.59 Å². The maximum atomic E-state index is 11.8. The van der Waals surface area contributed by atoms with Gasteiger partial charge in [-0.15, -0.1) is 0 Å². The summed E-state index contributed by atoms with van der Waals surface area (Å²) in [6, 6.07) is 8.69. The number of carbonyl (C=O) groups excluding carboxylic acids is 2. The SMILES string of the molecule is COC(=O)c1ccc(C(=O)OC)c2c(C)cccc12. The van der Waals surface area contributed by atoms with Gasteiger partial charge in [-0.2, -0.15) is 0 Å². The minimum atomic E-state index is -0.424. The van der Waals surface area contributed by atoms with Crippen LogP contribution in [0.15, 0.2) is 30.3 Å². The van der Waals surface area contributed by atoms with Crippen LogP contribution in [0, 0.1) is 6.92 Å². The van der Waals surface area contributed by atoms with E-state index in [0.717, 1.165) is 10.9 Å². The van der Waals surface area contributed by atoms with Gasteiger partial charge in [-0.25, -0.2) is 9.59 Å². The quantitative estimate of drug-likeness (QED) is 0.777. The molecule has 0 aliphatic carbocycles. The maximum absolute atomic E-state index is 11.8. The highest BCUT2D eigenvalue weighted by Crippen LogP contribution is 2.27. The first-order chi connectivity index (χ1) is 9.10. The Morgan fingerprint density at radius 3 is 2.11 bits per heavy atom. The van der Waals surface area contributed by atoms with Crippen LogP contribution in [0.3, 0.4) is 0 Å². The van der Waals surface area contributed by atoms with E-state index in [2.05, 4.69) is 0 Å². The predicted molar refractivity (Wildman–Crippen MR) is 71.4 cm³/mol. The molecule has 98 valence electrons. The zero-order valence-corrected chi connectivity index (χ0v) is 11.0. The number of carbonyl (C=O) groups is 2. The number of hydrogen-bond donors (Lipinski definition) is 0. The molecule has 4 nitrogen and oxygen atoms in total.